The van der Waals surface area contributed by atoms with E-state index in [9.17, 15) is 23.0 Å². The maximum atomic E-state index is 12.6. The number of hydrogen-bond donors (Lipinski definition) is 2. The largest absolute Gasteiger partial charge is 0.634 e. The van der Waals surface area contributed by atoms with Crippen molar-refractivity contribution in [2.24, 2.45) is 22.7 Å². The van der Waals surface area contributed by atoms with Gasteiger partial charge in [-0.1, -0.05) is 13.8 Å². The second-order valence-electron chi connectivity index (χ2n) is 7.61. The van der Waals surface area contributed by atoms with Crippen LogP contribution in [0.25, 0.3) is 0 Å². The van der Waals surface area contributed by atoms with Gasteiger partial charge in [0.2, 0.25) is 0 Å². The standard InChI is InChI=1S/C14H23NO5S/c1-13(2)9-5-10(6-11-3-4-15(11)17)14(13,12(16)7-9)8-21(18,19)20/h9-11,15H,3-8H2,1-2H3,(H,18,19,20)/t9?,10?,11-,14?/m1/s1. The number of carbonyl (C=O) groups excluding carboxylic acids is 1. The maximum absolute atomic E-state index is 12.6. The van der Waals surface area contributed by atoms with Gasteiger partial charge in [0, 0.05) is 19.3 Å². The van der Waals surface area contributed by atoms with Gasteiger partial charge in [0.1, 0.15) is 5.78 Å². The molecule has 0 radical (unpaired) electrons. The molecule has 5 atom stereocenters. The summed E-state index contributed by atoms with van der Waals surface area (Å²) in [4.78, 5) is 12.6. The first-order valence-electron chi connectivity index (χ1n) is 7.59. The van der Waals surface area contributed by atoms with Gasteiger partial charge in [0.25, 0.3) is 10.1 Å². The van der Waals surface area contributed by atoms with E-state index in [1.54, 1.807) is 0 Å². The fourth-order valence-corrected chi connectivity index (χ4v) is 6.43. The van der Waals surface area contributed by atoms with Crippen molar-refractivity contribution in [3.05, 3.63) is 5.21 Å². The molecular formula is C14H23NO5S. The van der Waals surface area contributed by atoms with Crippen LogP contribution in [0, 0.1) is 27.9 Å². The lowest BCUT2D eigenvalue weighted by Gasteiger charge is -2.46. The summed E-state index contributed by atoms with van der Waals surface area (Å²) in [5.41, 5.74) is -1.45. The Morgan fingerprint density at radius 3 is 2.52 bits per heavy atom. The highest BCUT2D eigenvalue weighted by atomic mass is 32.2. The zero-order valence-corrected chi connectivity index (χ0v) is 13.3. The van der Waals surface area contributed by atoms with Gasteiger partial charge in [0.15, 0.2) is 0 Å². The fourth-order valence-electron chi connectivity index (χ4n) is 5.09. The molecule has 1 heterocycles. The van der Waals surface area contributed by atoms with Gasteiger partial charge in [-0.2, -0.15) is 8.42 Å². The van der Waals surface area contributed by atoms with Gasteiger partial charge in [-0.25, -0.2) is 0 Å². The molecule has 4 unspecified atom stereocenters. The van der Waals surface area contributed by atoms with Crippen LogP contribution in [0.2, 0.25) is 0 Å². The molecule has 6 nitrogen and oxygen atoms in total. The van der Waals surface area contributed by atoms with Crippen molar-refractivity contribution < 1.29 is 22.8 Å². The first-order chi connectivity index (χ1) is 9.58. The van der Waals surface area contributed by atoms with Gasteiger partial charge >= 0.3 is 0 Å². The number of nitrogens with one attached hydrogen (secondary N) is 1. The third kappa shape index (κ3) is 2.09. The Labute approximate surface area is 125 Å². The van der Waals surface area contributed by atoms with Gasteiger partial charge in [-0.05, 0) is 23.7 Å². The molecule has 0 aromatic carbocycles. The summed E-state index contributed by atoms with van der Waals surface area (Å²) in [7, 11) is -4.23. The topological polar surface area (TPSA) is 98.9 Å². The molecule has 21 heavy (non-hydrogen) atoms. The molecule has 0 aromatic rings. The average Bonchev–Trinajstić information content (AvgIpc) is 2.63. The summed E-state index contributed by atoms with van der Waals surface area (Å²) in [6.45, 7) is 4.48. The second kappa shape index (κ2) is 4.50. The minimum atomic E-state index is -4.23. The van der Waals surface area contributed by atoms with Crippen molar-refractivity contribution in [2.75, 3.05) is 12.3 Å². The average molecular weight is 317 g/mol. The van der Waals surface area contributed by atoms with E-state index in [1.807, 2.05) is 13.8 Å². The summed E-state index contributed by atoms with van der Waals surface area (Å²) >= 11 is 0. The molecule has 0 aromatic heterocycles. The second-order valence-corrected chi connectivity index (χ2v) is 9.07. The molecule has 3 aliphatic rings. The van der Waals surface area contributed by atoms with Crippen molar-refractivity contribution in [1.82, 2.24) is 0 Å². The number of ketones is 1. The number of Topliss-reactive ketones (excluding diaryl/α,β-unsaturated/α-hetero) is 1. The van der Waals surface area contributed by atoms with E-state index < -0.39 is 26.7 Å². The van der Waals surface area contributed by atoms with E-state index in [0.29, 0.717) is 19.4 Å². The maximum Gasteiger partial charge on any atom is 0.265 e. The van der Waals surface area contributed by atoms with E-state index in [-0.39, 0.29) is 28.7 Å². The van der Waals surface area contributed by atoms with Crippen molar-refractivity contribution in [1.29, 1.82) is 0 Å². The zero-order chi connectivity index (χ0) is 15.6. The van der Waals surface area contributed by atoms with Crippen LogP contribution in [0.5, 0.6) is 0 Å². The number of hydroxylamine groups is 2. The molecular weight excluding hydrogens is 294 g/mol. The van der Waals surface area contributed by atoms with Gasteiger partial charge in [0.05, 0.1) is 23.8 Å². The molecule has 0 spiro atoms. The number of fused-ring (bicyclic) bond motifs is 2. The third-order valence-corrected chi connectivity index (χ3v) is 7.36. The minimum Gasteiger partial charge on any atom is -0.634 e. The van der Waals surface area contributed by atoms with Crippen LogP contribution in [0.3, 0.4) is 0 Å². The molecule has 3 fully saturated rings. The predicted octanol–water partition coefficient (Wildman–Crippen LogP) is 0.0408. The lowest BCUT2D eigenvalue weighted by molar-refractivity contribution is -0.921. The Bertz CT molecular complexity index is 572. The van der Waals surface area contributed by atoms with Crippen molar-refractivity contribution in [3.63, 3.8) is 0 Å². The van der Waals surface area contributed by atoms with Crippen molar-refractivity contribution in [2.45, 2.75) is 45.6 Å². The van der Waals surface area contributed by atoms with Crippen LogP contribution in [-0.4, -0.2) is 37.1 Å². The molecule has 1 saturated heterocycles. The van der Waals surface area contributed by atoms with Crippen LogP contribution in [0.15, 0.2) is 0 Å². The molecule has 120 valence electrons. The van der Waals surface area contributed by atoms with Crippen LogP contribution >= 0.6 is 0 Å². The highest BCUT2D eigenvalue weighted by Crippen LogP contribution is 2.67. The number of rotatable bonds is 4. The lowest BCUT2D eigenvalue weighted by atomic mass is 9.64. The first-order valence-corrected chi connectivity index (χ1v) is 9.20. The van der Waals surface area contributed by atoms with Crippen LogP contribution in [0.4, 0.5) is 0 Å². The Balaban J connectivity index is 1.95. The fraction of sp³-hybridized carbons (Fsp3) is 0.929. The Morgan fingerprint density at radius 1 is 1.43 bits per heavy atom. The summed E-state index contributed by atoms with van der Waals surface area (Å²) in [6, 6.07) is -0.0174. The Morgan fingerprint density at radius 2 is 2.10 bits per heavy atom. The van der Waals surface area contributed by atoms with Crippen LogP contribution < -0.4 is 5.06 Å². The summed E-state index contributed by atoms with van der Waals surface area (Å²) in [6.07, 6.45) is 2.63. The van der Waals surface area contributed by atoms with E-state index in [1.165, 1.54) is 0 Å². The molecule has 2 aliphatic carbocycles. The van der Waals surface area contributed by atoms with E-state index >= 15 is 0 Å². The molecule has 3 rings (SSSR count). The summed E-state index contributed by atoms with van der Waals surface area (Å²) in [5, 5.41) is 11.8. The van der Waals surface area contributed by atoms with E-state index in [4.69, 9.17) is 0 Å². The Kier molecular flexibility index (Phi) is 3.30. The highest BCUT2D eigenvalue weighted by Gasteiger charge is 2.70. The molecule has 1 aliphatic heterocycles. The van der Waals surface area contributed by atoms with Gasteiger partial charge < -0.3 is 10.3 Å². The summed E-state index contributed by atoms with van der Waals surface area (Å²) in [5.74, 6) is -0.478. The van der Waals surface area contributed by atoms with Crippen molar-refractivity contribution >= 4 is 15.9 Å². The van der Waals surface area contributed by atoms with E-state index in [2.05, 4.69) is 0 Å². The number of carbonyl (C=O) groups is 1. The van der Waals surface area contributed by atoms with Crippen LogP contribution in [-0.2, 0) is 14.9 Å². The smallest absolute Gasteiger partial charge is 0.265 e. The van der Waals surface area contributed by atoms with Crippen LogP contribution in [0.1, 0.15) is 39.5 Å². The third-order valence-electron chi connectivity index (χ3n) is 6.54. The molecule has 2 N–H and O–H groups in total. The van der Waals surface area contributed by atoms with Gasteiger partial charge in [-0.15, -0.1) is 0 Å². The predicted molar refractivity (Wildman–Crippen MR) is 76.1 cm³/mol. The lowest BCUT2D eigenvalue weighted by Crippen LogP contribution is -3.18. The Hall–Kier alpha value is -0.500. The summed E-state index contributed by atoms with van der Waals surface area (Å²) < 4.78 is 32.4. The quantitative estimate of drug-likeness (QED) is 0.563. The van der Waals surface area contributed by atoms with E-state index in [0.717, 1.165) is 12.8 Å². The molecule has 0 amide bonds. The van der Waals surface area contributed by atoms with Gasteiger partial charge in [-0.3, -0.25) is 9.35 Å². The van der Waals surface area contributed by atoms with Crippen molar-refractivity contribution in [3.8, 4) is 0 Å². The molecule has 2 saturated carbocycles. The monoisotopic (exact) mass is 317 g/mol. The molecule has 7 heteroatoms. The normalized spacial score (nSPS) is 44.9. The molecule has 2 bridgehead atoms. The zero-order valence-electron chi connectivity index (χ0n) is 12.5. The highest BCUT2D eigenvalue weighted by molar-refractivity contribution is 7.85. The first kappa shape index (κ1) is 15.4. The number of hydrogen-bond acceptors (Lipinski definition) is 4. The number of quaternary nitrogens is 1. The minimum absolute atomic E-state index is 0.0174. The SMILES string of the molecule is CC1(C)C2CC(=O)C1(CS(=O)(=O)O)C(C[C@H]1CC[NH+]1[O-])C2.